The van der Waals surface area contributed by atoms with Gasteiger partial charge >= 0.3 is 0 Å². The van der Waals surface area contributed by atoms with Crippen LogP contribution in [0.3, 0.4) is 0 Å². The van der Waals surface area contributed by atoms with Crippen molar-refractivity contribution in [2.24, 2.45) is 0 Å². The van der Waals surface area contributed by atoms with E-state index in [4.69, 9.17) is 5.73 Å². The Bertz CT molecular complexity index is 317. The quantitative estimate of drug-likeness (QED) is 0.511. The van der Waals surface area contributed by atoms with Crippen LogP contribution in [0, 0.1) is 5.82 Å². The molecule has 84 valence electrons. The van der Waals surface area contributed by atoms with Crippen molar-refractivity contribution in [3.63, 3.8) is 0 Å². The molecule has 1 unspecified atom stereocenters. The summed E-state index contributed by atoms with van der Waals surface area (Å²) in [6.45, 7) is 3.61. The third-order valence-electron chi connectivity index (χ3n) is 2.25. The molecule has 0 aliphatic carbocycles. The van der Waals surface area contributed by atoms with E-state index in [1.165, 1.54) is 12.1 Å². The fraction of sp³-hybridized carbons (Fsp3) is 0.455. The Hall–Kier alpha value is -1.13. The normalized spacial score (nSPS) is 12.7. The molecule has 0 saturated carbocycles. The third kappa shape index (κ3) is 3.49. The van der Waals surface area contributed by atoms with E-state index in [0.717, 1.165) is 13.1 Å². The number of aliphatic hydroxyl groups is 1. The van der Waals surface area contributed by atoms with Crippen LogP contribution in [0.4, 0.5) is 10.1 Å². The molecule has 1 rings (SSSR count). The number of hydrogen-bond donors (Lipinski definition) is 3. The molecule has 4 heteroatoms. The van der Waals surface area contributed by atoms with Crippen LogP contribution < -0.4 is 11.1 Å². The summed E-state index contributed by atoms with van der Waals surface area (Å²) >= 11 is 0. The van der Waals surface area contributed by atoms with Crippen LogP contribution >= 0.6 is 0 Å². The second-order valence-corrected chi connectivity index (χ2v) is 3.44. The van der Waals surface area contributed by atoms with Gasteiger partial charge in [0.25, 0.3) is 0 Å². The number of benzene rings is 1. The highest BCUT2D eigenvalue weighted by Crippen LogP contribution is 2.20. The van der Waals surface area contributed by atoms with Crippen molar-refractivity contribution >= 4 is 5.69 Å². The molecule has 0 fully saturated rings. The maximum Gasteiger partial charge on any atom is 0.146 e. The highest BCUT2D eigenvalue weighted by molar-refractivity contribution is 5.43. The highest BCUT2D eigenvalue weighted by Gasteiger charge is 2.08. The van der Waals surface area contributed by atoms with Gasteiger partial charge in [0.1, 0.15) is 5.82 Å². The van der Waals surface area contributed by atoms with Gasteiger partial charge in [-0.3, -0.25) is 0 Å². The molecule has 0 radical (unpaired) electrons. The number of anilines is 1. The minimum atomic E-state index is -0.591. The predicted molar refractivity (Wildman–Crippen MR) is 58.9 cm³/mol. The molecule has 1 atom stereocenters. The summed E-state index contributed by atoms with van der Waals surface area (Å²) in [5, 5.41) is 12.9. The van der Waals surface area contributed by atoms with Crippen LogP contribution in [-0.4, -0.2) is 18.2 Å². The predicted octanol–water partition coefficient (Wildman–Crippen LogP) is 1.44. The van der Waals surface area contributed by atoms with Crippen LogP contribution in [0.5, 0.6) is 0 Å². The van der Waals surface area contributed by atoms with E-state index in [9.17, 15) is 9.50 Å². The van der Waals surface area contributed by atoms with Crippen molar-refractivity contribution < 1.29 is 9.50 Å². The highest BCUT2D eigenvalue weighted by atomic mass is 19.1. The molecule has 3 nitrogen and oxygen atoms in total. The van der Waals surface area contributed by atoms with E-state index in [1.54, 1.807) is 6.07 Å². The Morgan fingerprint density at radius 1 is 1.53 bits per heavy atom. The molecule has 0 bridgehead atoms. The van der Waals surface area contributed by atoms with E-state index in [2.05, 4.69) is 5.32 Å². The third-order valence-corrected chi connectivity index (χ3v) is 2.25. The molecule has 1 aromatic rings. The van der Waals surface area contributed by atoms with Gasteiger partial charge in [-0.05, 0) is 37.2 Å². The molecule has 0 aliphatic heterocycles. The first-order valence-electron chi connectivity index (χ1n) is 5.09. The van der Waals surface area contributed by atoms with Gasteiger partial charge in [-0.2, -0.15) is 0 Å². The van der Waals surface area contributed by atoms with Crippen molar-refractivity contribution in [1.29, 1.82) is 0 Å². The fourth-order valence-corrected chi connectivity index (χ4v) is 1.35. The molecular formula is C11H17FN2O. The topological polar surface area (TPSA) is 58.3 Å². The van der Waals surface area contributed by atoms with Crippen LogP contribution in [0.2, 0.25) is 0 Å². The first-order valence-corrected chi connectivity index (χ1v) is 5.09. The zero-order chi connectivity index (χ0) is 11.3. The molecule has 4 N–H and O–H groups in total. The van der Waals surface area contributed by atoms with Crippen molar-refractivity contribution in [2.45, 2.75) is 19.4 Å². The summed E-state index contributed by atoms with van der Waals surface area (Å²) in [7, 11) is 0. The van der Waals surface area contributed by atoms with Crippen molar-refractivity contribution in [3.8, 4) is 0 Å². The molecule has 15 heavy (non-hydrogen) atoms. The smallest absolute Gasteiger partial charge is 0.146 e. The van der Waals surface area contributed by atoms with Gasteiger partial charge in [0, 0.05) is 0 Å². The van der Waals surface area contributed by atoms with Crippen LogP contribution in [-0.2, 0) is 0 Å². The Labute approximate surface area is 89.1 Å². The molecule has 0 spiro atoms. The number of hydrogen-bond acceptors (Lipinski definition) is 3. The van der Waals surface area contributed by atoms with E-state index >= 15 is 0 Å². The van der Waals surface area contributed by atoms with Crippen LogP contribution in [0.15, 0.2) is 18.2 Å². The number of nitrogen functional groups attached to an aromatic ring is 1. The van der Waals surface area contributed by atoms with E-state index in [0.29, 0.717) is 12.0 Å². The van der Waals surface area contributed by atoms with Crippen LogP contribution in [0.25, 0.3) is 0 Å². The number of aliphatic hydroxyl groups excluding tert-OH is 1. The van der Waals surface area contributed by atoms with Gasteiger partial charge < -0.3 is 16.2 Å². The summed E-state index contributed by atoms with van der Waals surface area (Å²) in [5.41, 5.74) is 6.15. The van der Waals surface area contributed by atoms with Gasteiger partial charge in [-0.1, -0.05) is 13.0 Å². The fourth-order valence-electron chi connectivity index (χ4n) is 1.35. The van der Waals surface area contributed by atoms with E-state index < -0.39 is 11.9 Å². The molecule has 0 saturated heterocycles. The molecule has 1 aromatic carbocycles. The number of halogens is 1. The van der Waals surface area contributed by atoms with Gasteiger partial charge in [0.15, 0.2) is 0 Å². The minimum Gasteiger partial charge on any atom is -0.396 e. The zero-order valence-electron chi connectivity index (χ0n) is 8.83. The molecule has 0 aromatic heterocycles. The van der Waals surface area contributed by atoms with Gasteiger partial charge in [-0.15, -0.1) is 0 Å². The average molecular weight is 212 g/mol. The first-order chi connectivity index (χ1) is 7.15. The molecule has 0 amide bonds. The monoisotopic (exact) mass is 212 g/mol. The maximum absolute atomic E-state index is 12.8. The Morgan fingerprint density at radius 3 is 2.87 bits per heavy atom. The SMILES string of the molecule is CCNCCC(O)c1ccc(F)c(N)c1. The Kier molecular flexibility index (Phi) is 4.52. The lowest BCUT2D eigenvalue weighted by atomic mass is 10.1. The summed E-state index contributed by atoms with van der Waals surface area (Å²) in [6, 6.07) is 4.31. The summed E-state index contributed by atoms with van der Waals surface area (Å²) in [4.78, 5) is 0. The average Bonchev–Trinajstić information content (AvgIpc) is 2.22. The molecular weight excluding hydrogens is 195 g/mol. The second-order valence-electron chi connectivity index (χ2n) is 3.44. The second kappa shape index (κ2) is 5.68. The standard InChI is InChI=1S/C11H17FN2O/c1-2-14-6-5-11(15)8-3-4-9(12)10(13)7-8/h3-4,7,11,14-15H,2,5-6,13H2,1H3. The zero-order valence-corrected chi connectivity index (χ0v) is 8.83. The van der Waals surface area contributed by atoms with E-state index in [1.807, 2.05) is 6.92 Å². The van der Waals surface area contributed by atoms with Gasteiger partial charge in [-0.25, -0.2) is 4.39 Å². The lowest BCUT2D eigenvalue weighted by Crippen LogP contribution is -2.16. The lowest BCUT2D eigenvalue weighted by molar-refractivity contribution is 0.167. The number of rotatable bonds is 5. The van der Waals surface area contributed by atoms with Crippen molar-refractivity contribution in [1.82, 2.24) is 5.32 Å². The minimum absolute atomic E-state index is 0.0787. The van der Waals surface area contributed by atoms with Crippen molar-refractivity contribution in [3.05, 3.63) is 29.6 Å². The Balaban J connectivity index is 2.57. The summed E-state index contributed by atoms with van der Waals surface area (Å²) < 4.78 is 12.8. The van der Waals surface area contributed by atoms with Gasteiger partial charge in [0.05, 0.1) is 11.8 Å². The Morgan fingerprint density at radius 2 is 2.27 bits per heavy atom. The van der Waals surface area contributed by atoms with Crippen LogP contribution in [0.1, 0.15) is 25.0 Å². The summed E-state index contributed by atoms with van der Waals surface area (Å²) in [5.74, 6) is -0.447. The first kappa shape index (κ1) is 11.9. The molecule has 0 aliphatic rings. The number of nitrogens with two attached hydrogens (primary N) is 1. The lowest BCUT2D eigenvalue weighted by Gasteiger charge is -2.11. The largest absolute Gasteiger partial charge is 0.396 e. The van der Waals surface area contributed by atoms with Crippen molar-refractivity contribution in [2.75, 3.05) is 18.8 Å². The number of nitrogens with one attached hydrogen (secondary N) is 1. The summed E-state index contributed by atoms with van der Waals surface area (Å²) in [6.07, 6.45) is 0.00536. The molecule has 0 heterocycles. The van der Waals surface area contributed by atoms with Gasteiger partial charge in [0.2, 0.25) is 0 Å². The maximum atomic E-state index is 12.8. The van der Waals surface area contributed by atoms with E-state index in [-0.39, 0.29) is 5.69 Å².